The van der Waals surface area contributed by atoms with Crippen LogP contribution in [0.2, 0.25) is 5.02 Å². The lowest BCUT2D eigenvalue weighted by Gasteiger charge is -2.40. The van der Waals surface area contributed by atoms with Crippen LogP contribution in [0.25, 0.3) is 0 Å². The average Bonchev–Trinajstić information content (AvgIpc) is 3.30. The van der Waals surface area contributed by atoms with Crippen molar-refractivity contribution in [2.45, 2.75) is 43.4 Å². The Bertz CT molecular complexity index is 1010. The minimum absolute atomic E-state index is 0.437. The third kappa shape index (κ3) is 3.71. The van der Waals surface area contributed by atoms with E-state index in [1.165, 1.54) is 0 Å². The number of ether oxygens (including phenoxy) is 4. The molecule has 0 aromatic heterocycles. The Morgan fingerprint density at radius 2 is 1.69 bits per heavy atom. The molecule has 0 unspecified atom stereocenters. The van der Waals surface area contributed by atoms with Gasteiger partial charge in [-0.2, -0.15) is 0 Å². The topological polar surface area (TPSA) is 118 Å². The normalized spacial score (nSPS) is 28.8. The molecule has 0 amide bonds. The van der Waals surface area contributed by atoms with Crippen LogP contribution in [-0.2, 0) is 17.6 Å². The molecule has 172 valence electrons. The first kappa shape index (κ1) is 21.8. The highest BCUT2D eigenvalue weighted by Crippen LogP contribution is 2.45. The number of fused-ring (bicyclic) bond motifs is 2. The second kappa shape index (κ2) is 8.70. The summed E-state index contributed by atoms with van der Waals surface area (Å²) in [6.07, 6.45) is -5.15. The van der Waals surface area contributed by atoms with Crippen LogP contribution in [0.15, 0.2) is 24.3 Å². The number of hydrogen-bond donors (Lipinski definition) is 4. The summed E-state index contributed by atoms with van der Waals surface area (Å²) in [6, 6.07) is 7.55. The lowest BCUT2D eigenvalue weighted by molar-refractivity contribution is -0.231. The van der Waals surface area contributed by atoms with Gasteiger partial charge in [-0.15, -0.1) is 0 Å². The van der Waals surface area contributed by atoms with Crippen LogP contribution in [-0.4, -0.2) is 71.3 Å². The van der Waals surface area contributed by atoms with Crippen molar-refractivity contribution in [3.05, 3.63) is 51.5 Å². The Morgan fingerprint density at radius 3 is 2.47 bits per heavy atom. The fraction of sp³-hybridized carbons (Fsp3) is 0.478. The SMILES string of the molecule is OC[C@H]1O[C@@H](c2cc(Cc3ccc4c(c3)OCCO4)c(Cl)c3c2CCO3)[C@H](O)[C@@H](O)[C@@H]1O. The van der Waals surface area contributed by atoms with Crippen LogP contribution < -0.4 is 14.2 Å². The summed E-state index contributed by atoms with van der Waals surface area (Å²) in [5.74, 6) is 1.91. The van der Waals surface area contributed by atoms with Gasteiger partial charge in [-0.3, -0.25) is 0 Å². The Kier molecular flexibility index (Phi) is 5.92. The van der Waals surface area contributed by atoms with E-state index in [-0.39, 0.29) is 0 Å². The van der Waals surface area contributed by atoms with Crippen LogP contribution in [0.4, 0.5) is 0 Å². The summed E-state index contributed by atoms with van der Waals surface area (Å²) >= 11 is 6.69. The predicted molar refractivity (Wildman–Crippen MR) is 114 cm³/mol. The highest BCUT2D eigenvalue weighted by atomic mass is 35.5. The van der Waals surface area contributed by atoms with E-state index in [0.29, 0.717) is 60.5 Å². The van der Waals surface area contributed by atoms with Crippen LogP contribution >= 0.6 is 11.6 Å². The van der Waals surface area contributed by atoms with Crippen molar-refractivity contribution in [3.63, 3.8) is 0 Å². The summed E-state index contributed by atoms with van der Waals surface area (Å²) < 4.78 is 22.9. The van der Waals surface area contributed by atoms with Gasteiger partial charge in [-0.1, -0.05) is 23.7 Å². The first-order valence-electron chi connectivity index (χ1n) is 10.6. The molecule has 0 radical (unpaired) electrons. The number of halogens is 1. The second-order valence-corrected chi connectivity index (χ2v) is 8.63. The summed E-state index contributed by atoms with van der Waals surface area (Å²) in [6.45, 7) is 0.957. The van der Waals surface area contributed by atoms with Crippen molar-refractivity contribution in [2.24, 2.45) is 0 Å². The molecular formula is C23H25ClO8. The minimum Gasteiger partial charge on any atom is -0.491 e. The largest absolute Gasteiger partial charge is 0.491 e. The van der Waals surface area contributed by atoms with Crippen molar-refractivity contribution >= 4 is 11.6 Å². The molecule has 0 bridgehead atoms. The first-order valence-corrected chi connectivity index (χ1v) is 11.0. The fourth-order valence-corrected chi connectivity index (χ4v) is 4.86. The lowest BCUT2D eigenvalue weighted by atomic mass is 9.87. The van der Waals surface area contributed by atoms with Gasteiger partial charge in [0, 0.05) is 12.0 Å². The molecule has 0 spiro atoms. The monoisotopic (exact) mass is 464 g/mol. The number of hydrogen-bond acceptors (Lipinski definition) is 8. The van der Waals surface area contributed by atoms with Gasteiger partial charge in [0.25, 0.3) is 0 Å². The van der Waals surface area contributed by atoms with Gasteiger partial charge in [0.2, 0.25) is 0 Å². The van der Waals surface area contributed by atoms with Crippen molar-refractivity contribution in [2.75, 3.05) is 26.4 Å². The number of rotatable bonds is 4. The Morgan fingerprint density at radius 1 is 0.906 bits per heavy atom. The Balaban J connectivity index is 1.52. The Hall–Kier alpha value is -2.07. The van der Waals surface area contributed by atoms with E-state index < -0.39 is 37.1 Å². The third-order valence-corrected chi connectivity index (χ3v) is 6.65. The zero-order valence-electron chi connectivity index (χ0n) is 17.2. The van der Waals surface area contributed by atoms with Crippen LogP contribution in [0.1, 0.15) is 28.4 Å². The molecule has 5 atom stereocenters. The van der Waals surface area contributed by atoms with E-state index >= 15 is 0 Å². The summed E-state index contributed by atoms with van der Waals surface area (Å²) in [4.78, 5) is 0. The number of benzene rings is 2. The van der Waals surface area contributed by atoms with Gasteiger partial charge >= 0.3 is 0 Å². The lowest BCUT2D eigenvalue weighted by Crippen LogP contribution is -2.55. The molecule has 0 aliphatic carbocycles. The molecule has 2 aromatic carbocycles. The maximum atomic E-state index is 10.7. The zero-order chi connectivity index (χ0) is 22.4. The first-order chi connectivity index (χ1) is 15.5. The van der Waals surface area contributed by atoms with E-state index in [1.54, 1.807) is 0 Å². The molecule has 2 aromatic rings. The molecule has 3 heterocycles. The van der Waals surface area contributed by atoms with Crippen molar-refractivity contribution < 1.29 is 39.4 Å². The van der Waals surface area contributed by atoms with E-state index in [4.69, 9.17) is 30.5 Å². The van der Waals surface area contributed by atoms with E-state index in [2.05, 4.69) is 0 Å². The Labute approximate surface area is 189 Å². The van der Waals surface area contributed by atoms with Gasteiger partial charge in [-0.25, -0.2) is 0 Å². The standard InChI is InChI=1S/C23H25ClO8/c24-18-12(7-11-1-2-15-16(8-11)30-6-5-29-15)9-14(13-3-4-31-22(13)18)23-21(28)20(27)19(26)17(10-25)32-23/h1-2,8-9,17,19-21,23,25-28H,3-7,10H2/t17-,19-,20+,21-,23+/m1/s1. The molecule has 0 saturated carbocycles. The minimum atomic E-state index is -1.46. The molecule has 1 saturated heterocycles. The fourth-order valence-electron chi connectivity index (χ4n) is 4.57. The molecular weight excluding hydrogens is 440 g/mol. The average molecular weight is 465 g/mol. The molecule has 8 nitrogen and oxygen atoms in total. The van der Waals surface area contributed by atoms with E-state index in [1.807, 2.05) is 24.3 Å². The molecule has 3 aliphatic heterocycles. The molecule has 4 N–H and O–H groups in total. The smallest absolute Gasteiger partial charge is 0.161 e. The summed E-state index contributed by atoms with van der Waals surface area (Å²) in [5, 5.41) is 41.1. The van der Waals surface area contributed by atoms with Crippen molar-refractivity contribution in [1.29, 1.82) is 0 Å². The highest BCUT2D eigenvalue weighted by molar-refractivity contribution is 6.33. The highest BCUT2D eigenvalue weighted by Gasteiger charge is 2.45. The maximum absolute atomic E-state index is 10.7. The molecule has 1 fully saturated rings. The van der Waals surface area contributed by atoms with Crippen molar-refractivity contribution in [1.82, 2.24) is 0 Å². The quantitative estimate of drug-likeness (QED) is 0.532. The van der Waals surface area contributed by atoms with E-state index in [0.717, 1.165) is 16.7 Å². The van der Waals surface area contributed by atoms with Gasteiger partial charge < -0.3 is 39.4 Å². The number of aliphatic hydroxyl groups is 4. The molecule has 5 rings (SSSR count). The molecule has 3 aliphatic rings. The van der Waals surface area contributed by atoms with Crippen LogP contribution in [0, 0.1) is 0 Å². The van der Waals surface area contributed by atoms with Crippen LogP contribution in [0.3, 0.4) is 0 Å². The van der Waals surface area contributed by atoms with Gasteiger partial charge in [0.05, 0.1) is 18.2 Å². The number of aliphatic hydroxyl groups excluding tert-OH is 4. The third-order valence-electron chi connectivity index (χ3n) is 6.23. The maximum Gasteiger partial charge on any atom is 0.161 e. The summed E-state index contributed by atoms with van der Waals surface area (Å²) in [5.41, 5.74) is 3.14. The molecule has 32 heavy (non-hydrogen) atoms. The zero-order valence-corrected chi connectivity index (χ0v) is 18.0. The second-order valence-electron chi connectivity index (χ2n) is 8.25. The molecule has 9 heteroatoms. The van der Waals surface area contributed by atoms with Gasteiger partial charge in [-0.05, 0) is 35.2 Å². The van der Waals surface area contributed by atoms with Gasteiger partial charge in [0.1, 0.15) is 49.5 Å². The van der Waals surface area contributed by atoms with Gasteiger partial charge in [0.15, 0.2) is 11.5 Å². The van der Waals surface area contributed by atoms with Crippen LogP contribution in [0.5, 0.6) is 17.2 Å². The predicted octanol–water partition coefficient (Wildman–Crippen LogP) is 1.15. The summed E-state index contributed by atoms with van der Waals surface area (Å²) in [7, 11) is 0. The van der Waals surface area contributed by atoms with Crippen molar-refractivity contribution in [3.8, 4) is 17.2 Å². The van der Waals surface area contributed by atoms with E-state index in [9.17, 15) is 20.4 Å².